The van der Waals surface area contributed by atoms with Gasteiger partial charge >= 0.3 is 32.5 Å². The Balaban J connectivity index is 0.00000135. The van der Waals surface area contributed by atoms with Crippen molar-refractivity contribution in [2.24, 2.45) is 0 Å². The lowest BCUT2D eigenvalue weighted by Crippen LogP contribution is -2.62. The van der Waals surface area contributed by atoms with Crippen LogP contribution in [0.15, 0.2) is 0 Å². The third kappa shape index (κ3) is 12.5. The second kappa shape index (κ2) is 16.7. The average molecular weight is 513 g/mol. The normalized spacial score (nSPS) is 24.0. The van der Waals surface area contributed by atoms with Gasteiger partial charge in [0.2, 0.25) is 6.29 Å². The Labute approximate surface area is 200 Å². The fourth-order valence-electron chi connectivity index (χ4n) is 3.04. The van der Waals surface area contributed by atoms with Crippen LogP contribution in [0.25, 0.3) is 0 Å². The minimum absolute atomic E-state index is 0.438. The maximum atomic E-state index is 11.5. The highest BCUT2D eigenvalue weighted by molar-refractivity contribution is 7.39. The first-order chi connectivity index (χ1) is 15.9. The Kier molecular flexibility index (Phi) is 15.8. The molecule has 1 rings (SSSR count). The van der Waals surface area contributed by atoms with Gasteiger partial charge in [0.1, 0.15) is 12.7 Å². The number of esters is 4. The van der Waals surface area contributed by atoms with Gasteiger partial charge in [-0.1, -0.05) is 20.8 Å². The zero-order valence-corrected chi connectivity index (χ0v) is 21.5. The molecule has 0 amide bonds. The van der Waals surface area contributed by atoms with Crippen molar-refractivity contribution in [2.45, 2.75) is 79.2 Å². The van der Waals surface area contributed by atoms with Crippen LogP contribution >= 0.6 is 8.60 Å². The average Bonchev–Trinajstić information content (AvgIpc) is 2.71. The Hall–Kier alpha value is -1.89. The van der Waals surface area contributed by atoms with Crippen molar-refractivity contribution in [3.05, 3.63) is 0 Å². The molecule has 1 fully saturated rings. The fourth-order valence-corrected chi connectivity index (χ4v) is 3.39. The predicted octanol–water partition coefficient (Wildman–Crippen LogP) is 0.646. The van der Waals surface area contributed by atoms with Crippen LogP contribution in [0.1, 0.15) is 48.5 Å². The molecule has 1 heterocycles. The number of hydrogen-bond acceptors (Lipinski definition) is 13. The van der Waals surface area contributed by atoms with Gasteiger partial charge in [0.25, 0.3) is 0 Å². The van der Waals surface area contributed by atoms with E-state index in [1.807, 2.05) is 0 Å². The number of rotatable bonds is 10. The van der Waals surface area contributed by atoms with Gasteiger partial charge in [-0.25, -0.2) is 0 Å². The number of hydrogen-bond donors (Lipinski definition) is 2. The van der Waals surface area contributed by atoms with Crippen molar-refractivity contribution in [3.8, 4) is 0 Å². The number of ether oxygens (including phenoxy) is 5. The van der Waals surface area contributed by atoms with Gasteiger partial charge in [0.05, 0.1) is 0 Å². The molecule has 0 bridgehead atoms. The predicted molar refractivity (Wildman–Crippen MR) is 118 cm³/mol. The maximum Gasteiger partial charge on any atom is 0.329 e. The molecule has 13 nitrogen and oxygen atoms in total. The summed E-state index contributed by atoms with van der Waals surface area (Å²) in [4.78, 5) is 66.2. The summed E-state index contributed by atoms with van der Waals surface area (Å²) in [5.41, 5.74) is 0. The van der Waals surface area contributed by atoms with Gasteiger partial charge in [0, 0.05) is 27.7 Å². The molecule has 0 aromatic rings. The first-order valence-electron chi connectivity index (χ1n) is 10.7. The Morgan fingerprint density at radius 1 is 0.765 bits per heavy atom. The van der Waals surface area contributed by atoms with Crippen molar-refractivity contribution in [1.82, 2.24) is 4.90 Å². The van der Waals surface area contributed by atoms with Crippen LogP contribution < -0.4 is 0 Å². The lowest BCUT2D eigenvalue weighted by atomic mass is 9.98. The molecule has 0 radical (unpaired) electrons. The summed E-state index contributed by atoms with van der Waals surface area (Å²) in [6.45, 7) is 14.0. The second-order valence-corrected chi connectivity index (χ2v) is 7.76. The molecule has 5 atom stereocenters. The Morgan fingerprint density at radius 3 is 1.56 bits per heavy atom. The van der Waals surface area contributed by atoms with E-state index in [0.29, 0.717) is 0 Å². The van der Waals surface area contributed by atoms with Crippen LogP contribution in [0.3, 0.4) is 0 Å². The smallest absolute Gasteiger partial charge is 0.329 e. The monoisotopic (exact) mass is 513 g/mol. The minimum atomic E-state index is -2.96. The van der Waals surface area contributed by atoms with Gasteiger partial charge in [-0.2, -0.15) is 0 Å². The largest absolute Gasteiger partial charge is 0.463 e. The first kappa shape index (κ1) is 32.1. The van der Waals surface area contributed by atoms with E-state index in [1.165, 1.54) is 19.6 Å². The van der Waals surface area contributed by atoms with Gasteiger partial charge in [-0.3, -0.25) is 23.7 Å². The zero-order chi connectivity index (χ0) is 26.4. The molecule has 0 spiro atoms. The molecule has 1 aliphatic heterocycles. The molecule has 2 N–H and O–H groups in total. The van der Waals surface area contributed by atoms with E-state index >= 15 is 0 Å². The van der Waals surface area contributed by atoms with Gasteiger partial charge in [0.15, 0.2) is 18.3 Å². The Bertz CT molecular complexity index is 652. The highest BCUT2D eigenvalue weighted by atomic mass is 31.2. The maximum absolute atomic E-state index is 11.5. The lowest BCUT2D eigenvalue weighted by molar-refractivity contribution is -0.289. The zero-order valence-electron chi connectivity index (χ0n) is 20.6. The molecule has 0 aromatic heterocycles. The van der Waals surface area contributed by atoms with Crippen molar-refractivity contribution < 1.29 is 57.2 Å². The highest BCUT2D eigenvalue weighted by Gasteiger charge is 2.53. The van der Waals surface area contributed by atoms with E-state index < -0.39 is 69.8 Å². The molecule has 0 saturated carbocycles. The van der Waals surface area contributed by atoms with E-state index in [9.17, 15) is 19.2 Å². The quantitative estimate of drug-likeness (QED) is 0.237. The molecular formula is C20H36NO12P. The molecule has 0 aliphatic carbocycles. The van der Waals surface area contributed by atoms with Crippen molar-refractivity contribution in [3.63, 3.8) is 0 Å². The summed E-state index contributed by atoms with van der Waals surface area (Å²) < 4.78 is 30.3. The minimum Gasteiger partial charge on any atom is -0.463 e. The molecule has 14 heteroatoms. The van der Waals surface area contributed by atoms with Crippen LogP contribution in [0.2, 0.25) is 0 Å². The van der Waals surface area contributed by atoms with E-state index in [-0.39, 0.29) is 0 Å². The van der Waals surface area contributed by atoms with Crippen LogP contribution in [-0.2, 0) is 47.4 Å². The topological polar surface area (TPSA) is 167 Å². The van der Waals surface area contributed by atoms with E-state index in [0.717, 1.165) is 27.7 Å². The number of carbonyl (C=O) groups is 4. The summed E-state index contributed by atoms with van der Waals surface area (Å²) in [5.74, 6) is -3.08. The van der Waals surface area contributed by atoms with Crippen LogP contribution in [-0.4, -0.2) is 95.5 Å². The number of carbonyl (C=O) groups excluding carboxylic acids is 4. The third-order valence-corrected chi connectivity index (χ3v) is 4.88. The van der Waals surface area contributed by atoms with Crippen LogP contribution in [0.5, 0.6) is 0 Å². The Morgan fingerprint density at radius 2 is 1.21 bits per heavy atom. The summed E-state index contributed by atoms with van der Waals surface area (Å²) in [6, 6.07) is 0. The summed E-state index contributed by atoms with van der Waals surface area (Å²) >= 11 is 0. The van der Waals surface area contributed by atoms with E-state index in [2.05, 4.69) is 25.7 Å². The van der Waals surface area contributed by atoms with Crippen LogP contribution in [0.4, 0.5) is 0 Å². The molecule has 0 aromatic carbocycles. The van der Waals surface area contributed by atoms with E-state index in [1.54, 1.807) is 0 Å². The molecule has 198 valence electrons. The summed E-state index contributed by atoms with van der Waals surface area (Å²) in [7, 11) is -2.96. The molecule has 0 unspecified atom stereocenters. The van der Waals surface area contributed by atoms with Gasteiger partial charge < -0.3 is 38.4 Å². The number of nitrogens with zero attached hydrogens (tertiary/aromatic N) is 1. The summed E-state index contributed by atoms with van der Waals surface area (Å²) in [5, 5.41) is 0. The standard InChI is InChI=1S/C14H21O12P.C6H15N/c1-6(15)21-5-10-11(22-7(2)16)12(23-8(3)17)13(24-9(4)18)14(25-10)26-27(19)20;1-4-7(5-2)6-3/h10-14,19-20H,5H2,1-4H3;4-6H2,1-3H3/t10-,11-,12+,13-,14+;/m1./s1. The van der Waals surface area contributed by atoms with Gasteiger partial charge in [-0.15, -0.1) is 0 Å². The second-order valence-electron chi connectivity index (χ2n) is 7.05. The van der Waals surface area contributed by atoms with Gasteiger partial charge in [-0.05, 0) is 19.6 Å². The van der Waals surface area contributed by atoms with Crippen molar-refractivity contribution >= 4 is 32.5 Å². The SMILES string of the molecule is CC(=O)OC[C@H]1O[C@@H](OP(O)O)[C@H](OC(C)=O)[C@@H](OC(C)=O)[C@@H]1OC(C)=O.CCN(CC)CC. The fraction of sp³-hybridized carbons (Fsp3) is 0.800. The lowest BCUT2D eigenvalue weighted by Gasteiger charge is -2.43. The molecule has 1 aliphatic rings. The molecular weight excluding hydrogens is 477 g/mol. The third-order valence-electron chi connectivity index (χ3n) is 4.49. The van der Waals surface area contributed by atoms with E-state index in [4.69, 9.17) is 38.0 Å². The summed E-state index contributed by atoms with van der Waals surface area (Å²) in [6.07, 6.45) is -7.07. The van der Waals surface area contributed by atoms with Crippen molar-refractivity contribution in [1.29, 1.82) is 0 Å². The first-order valence-corrected chi connectivity index (χ1v) is 11.9. The van der Waals surface area contributed by atoms with Crippen molar-refractivity contribution in [2.75, 3.05) is 26.2 Å². The highest BCUT2D eigenvalue weighted by Crippen LogP contribution is 2.36. The molecule has 1 saturated heterocycles. The molecule has 34 heavy (non-hydrogen) atoms. The van der Waals surface area contributed by atoms with Crippen LogP contribution in [0, 0.1) is 0 Å².